The molecule has 0 heteroatoms. The number of benzene rings is 7. The van der Waals surface area contributed by atoms with Crippen molar-refractivity contribution in [1.82, 2.24) is 0 Å². The molecule has 0 fully saturated rings. The fourth-order valence-electron chi connectivity index (χ4n) is 6.60. The zero-order valence-corrected chi connectivity index (χ0v) is 26.7. The molecule has 46 heavy (non-hydrogen) atoms. The molecule has 7 rings (SSSR count). The summed E-state index contributed by atoms with van der Waals surface area (Å²) < 4.78 is 0. The number of rotatable bonds is 6. The van der Waals surface area contributed by atoms with E-state index in [9.17, 15) is 0 Å². The lowest BCUT2D eigenvalue weighted by Crippen LogP contribution is -2.15. The number of hydrogen-bond acceptors (Lipinski definition) is 0. The van der Waals surface area contributed by atoms with E-state index in [2.05, 4.69) is 197 Å². The molecule has 0 N–H and O–H groups in total. The van der Waals surface area contributed by atoms with Crippen molar-refractivity contribution in [1.29, 1.82) is 0 Å². The second-order valence-electron chi connectivity index (χ2n) is 13.0. The van der Waals surface area contributed by atoms with Crippen LogP contribution in [0.15, 0.2) is 176 Å². The summed E-state index contributed by atoms with van der Waals surface area (Å²) in [5.74, 6) is 0. The van der Waals surface area contributed by atoms with Crippen molar-refractivity contribution in [2.45, 2.75) is 26.2 Å². The van der Waals surface area contributed by atoms with Gasteiger partial charge in [-0.25, -0.2) is 0 Å². The van der Waals surface area contributed by atoms with Gasteiger partial charge in [0.05, 0.1) is 0 Å². The molecule has 0 bridgehead atoms. The molecule has 0 saturated heterocycles. The Morgan fingerprint density at radius 2 is 0.522 bits per heavy atom. The van der Waals surface area contributed by atoms with E-state index >= 15 is 0 Å². The maximum atomic E-state index is 2.37. The highest BCUT2D eigenvalue weighted by molar-refractivity contribution is 5.88. The smallest absolute Gasteiger partial charge is 0.0120 e. The van der Waals surface area contributed by atoms with Crippen LogP contribution in [0.4, 0.5) is 0 Å². The molecule has 0 saturated carbocycles. The van der Waals surface area contributed by atoms with Gasteiger partial charge in [-0.3, -0.25) is 0 Å². The molecule has 0 aliphatic carbocycles. The van der Waals surface area contributed by atoms with Gasteiger partial charge >= 0.3 is 0 Å². The molecule has 7 aromatic carbocycles. The van der Waals surface area contributed by atoms with Gasteiger partial charge in [0.25, 0.3) is 0 Å². The minimum Gasteiger partial charge on any atom is -0.0622 e. The van der Waals surface area contributed by atoms with E-state index in [1.54, 1.807) is 0 Å². The summed E-state index contributed by atoms with van der Waals surface area (Å²) in [5, 5.41) is 0. The van der Waals surface area contributed by atoms with Crippen LogP contribution in [-0.4, -0.2) is 0 Å². The Bertz CT molecular complexity index is 1820. The van der Waals surface area contributed by atoms with E-state index in [1.807, 2.05) is 0 Å². The Labute approximate surface area is 273 Å². The first-order valence-electron chi connectivity index (χ1n) is 16.1. The van der Waals surface area contributed by atoms with E-state index in [4.69, 9.17) is 0 Å². The average Bonchev–Trinajstić information content (AvgIpc) is 3.12. The predicted molar refractivity (Wildman–Crippen MR) is 198 cm³/mol. The van der Waals surface area contributed by atoms with E-state index in [0.717, 1.165) is 0 Å². The van der Waals surface area contributed by atoms with Gasteiger partial charge in [0.15, 0.2) is 0 Å². The predicted octanol–water partition coefficient (Wildman–Crippen LogP) is 13.0. The summed E-state index contributed by atoms with van der Waals surface area (Å²) in [4.78, 5) is 0. The quantitative estimate of drug-likeness (QED) is 0.181. The van der Waals surface area contributed by atoms with Crippen LogP contribution in [0.3, 0.4) is 0 Å². The van der Waals surface area contributed by atoms with Gasteiger partial charge < -0.3 is 0 Å². The van der Waals surface area contributed by atoms with Gasteiger partial charge in [-0.1, -0.05) is 160 Å². The van der Waals surface area contributed by atoms with Crippen molar-refractivity contribution in [2.24, 2.45) is 0 Å². The van der Waals surface area contributed by atoms with Gasteiger partial charge in [0.2, 0.25) is 0 Å². The maximum absolute atomic E-state index is 2.37. The molecule has 222 valence electrons. The standard InChI is InChI=1S/C46H38/c1-46(2,3)45-43(41-29-37(33-17-8-4-9-18-33)27-38(30-41)34-19-10-5-11-20-34)25-16-26-44(45)42-31-39(35-21-12-6-13-22-35)28-40(32-42)36-23-14-7-15-24-36/h4-32H,1-3H3. The summed E-state index contributed by atoms with van der Waals surface area (Å²) in [6.07, 6.45) is 0. The minimum absolute atomic E-state index is 0.114. The van der Waals surface area contributed by atoms with Crippen LogP contribution in [0, 0.1) is 0 Å². The van der Waals surface area contributed by atoms with E-state index < -0.39 is 0 Å². The second kappa shape index (κ2) is 12.5. The monoisotopic (exact) mass is 590 g/mol. The lowest BCUT2D eigenvalue weighted by Gasteiger charge is -2.28. The summed E-state index contributed by atoms with van der Waals surface area (Å²) in [6, 6.07) is 63.9. The van der Waals surface area contributed by atoms with Gasteiger partial charge in [-0.15, -0.1) is 0 Å². The van der Waals surface area contributed by atoms with E-state index in [0.29, 0.717) is 0 Å². The SMILES string of the molecule is CC(C)(C)c1c(-c2cc(-c3ccccc3)cc(-c3ccccc3)c2)cccc1-c1cc(-c2ccccc2)cc(-c2ccccc2)c1. The van der Waals surface area contributed by atoms with Crippen molar-refractivity contribution in [3.63, 3.8) is 0 Å². The van der Waals surface area contributed by atoms with Crippen molar-refractivity contribution in [3.8, 4) is 66.8 Å². The molecule has 0 heterocycles. The fraction of sp³-hybridized carbons (Fsp3) is 0.0870. The lowest BCUT2D eigenvalue weighted by atomic mass is 9.76. The average molecular weight is 591 g/mol. The second-order valence-corrected chi connectivity index (χ2v) is 13.0. The van der Waals surface area contributed by atoms with Crippen LogP contribution in [0.1, 0.15) is 26.3 Å². The van der Waals surface area contributed by atoms with Gasteiger partial charge in [-0.2, -0.15) is 0 Å². The lowest BCUT2D eigenvalue weighted by molar-refractivity contribution is 0.593. The molecule has 0 atom stereocenters. The van der Waals surface area contributed by atoms with Crippen LogP contribution < -0.4 is 0 Å². The van der Waals surface area contributed by atoms with Gasteiger partial charge in [0.1, 0.15) is 0 Å². The van der Waals surface area contributed by atoms with Crippen LogP contribution in [0.5, 0.6) is 0 Å². The van der Waals surface area contributed by atoms with Gasteiger partial charge in [-0.05, 0) is 114 Å². The molecule has 0 amide bonds. The molecular formula is C46H38. The molecule has 7 aromatic rings. The Morgan fingerprint density at radius 3 is 0.783 bits per heavy atom. The van der Waals surface area contributed by atoms with Crippen LogP contribution in [-0.2, 0) is 5.41 Å². The third-order valence-electron chi connectivity index (χ3n) is 8.73. The van der Waals surface area contributed by atoms with Crippen LogP contribution >= 0.6 is 0 Å². The summed E-state index contributed by atoms with van der Waals surface area (Å²) in [5.41, 5.74) is 16.0. The highest BCUT2D eigenvalue weighted by atomic mass is 14.3. The summed E-state index contributed by atoms with van der Waals surface area (Å²) >= 11 is 0. The molecular weight excluding hydrogens is 553 g/mol. The molecule has 0 spiro atoms. The topological polar surface area (TPSA) is 0 Å². The van der Waals surface area contributed by atoms with Crippen molar-refractivity contribution < 1.29 is 0 Å². The van der Waals surface area contributed by atoms with Crippen LogP contribution in [0.25, 0.3) is 66.8 Å². The van der Waals surface area contributed by atoms with Crippen molar-refractivity contribution in [2.75, 3.05) is 0 Å². The Balaban J connectivity index is 1.48. The molecule has 0 radical (unpaired) electrons. The zero-order valence-electron chi connectivity index (χ0n) is 26.7. The fourth-order valence-corrected chi connectivity index (χ4v) is 6.60. The molecule has 0 aliphatic rings. The summed E-state index contributed by atoms with van der Waals surface area (Å²) in [7, 11) is 0. The Morgan fingerprint density at radius 1 is 0.261 bits per heavy atom. The first-order valence-corrected chi connectivity index (χ1v) is 16.1. The maximum Gasteiger partial charge on any atom is -0.0120 e. The third kappa shape index (κ3) is 6.08. The first kappa shape index (κ1) is 29.3. The summed E-state index contributed by atoms with van der Waals surface area (Å²) in [6.45, 7) is 7.02. The van der Waals surface area contributed by atoms with Crippen LogP contribution in [0.2, 0.25) is 0 Å². The highest BCUT2D eigenvalue weighted by Crippen LogP contribution is 2.44. The minimum atomic E-state index is -0.114. The van der Waals surface area contributed by atoms with E-state index in [1.165, 1.54) is 72.3 Å². The molecule has 0 aromatic heterocycles. The zero-order chi connectivity index (χ0) is 31.5. The molecule has 0 unspecified atom stereocenters. The van der Waals surface area contributed by atoms with E-state index in [-0.39, 0.29) is 5.41 Å². The molecule has 0 aliphatic heterocycles. The van der Waals surface area contributed by atoms with Crippen molar-refractivity contribution in [3.05, 3.63) is 181 Å². The first-order chi connectivity index (χ1) is 22.4. The van der Waals surface area contributed by atoms with Gasteiger partial charge in [0, 0.05) is 0 Å². The van der Waals surface area contributed by atoms with Crippen molar-refractivity contribution >= 4 is 0 Å². The Hall–Kier alpha value is -5.46. The molecule has 0 nitrogen and oxygen atoms in total. The largest absolute Gasteiger partial charge is 0.0622 e. The highest BCUT2D eigenvalue weighted by Gasteiger charge is 2.24. The Kier molecular flexibility index (Phi) is 7.95. The third-order valence-corrected chi connectivity index (χ3v) is 8.73. The number of hydrogen-bond donors (Lipinski definition) is 0. The normalized spacial score (nSPS) is 11.4.